The summed E-state index contributed by atoms with van der Waals surface area (Å²) in [6, 6.07) is 6.98. The Hall–Kier alpha value is -2.57. The van der Waals surface area contributed by atoms with E-state index in [1.165, 1.54) is 0 Å². The largest absolute Gasteiger partial charge is 0.464 e. The van der Waals surface area contributed by atoms with Gasteiger partial charge in [-0.15, -0.1) is 0 Å². The first-order valence-corrected chi connectivity index (χ1v) is 8.42. The maximum Gasteiger partial charge on any atom is 0.412 e. The summed E-state index contributed by atoms with van der Waals surface area (Å²) in [7, 11) is 0. The zero-order valence-corrected chi connectivity index (χ0v) is 14.6. The van der Waals surface area contributed by atoms with E-state index < -0.39 is 36.2 Å². The number of amides is 1. The molecule has 1 heterocycles. The molecule has 136 valence electrons. The molecule has 7 heteroatoms. The van der Waals surface area contributed by atoms with Crippen molar-refractivity contribution < 1.29 is 28.6 Å². The van der Waals surface area contributed by atoms with Gasteiger partial charge in [0, 0.05) is 0 Å². The molecule has 1 aromatic rings. The van der Waals surface area contributed by atoms with Crippen molar-refractivity contribution in [2.75, 3.05) is 13.2 Å². The Morgan fingerprint density at radius 3 is 2.32 bits per heavy atom. The van der Waals surface area contributed by atoms with E-state index in [0.717, 1.165) is 4.90 Å². The zero-order chi connectivity index (χ0) is 18.4. The number of carbonyl (C=O) groups is 3. The minimum absolute atomic E-state index is 0.162. The first-order valence-electron chi connectivity index (χ1n) is 8.42. The molecule has 7 nitrogen and oxygen atoms in total. The minimum Gasteiger partial charge on any atom is -0.464 e. The van der Waals surface area contributed by atoms with Gasteiger partial charge in [-0.05, 0) is 25.8 Å². The summed E-state index contributed by atoms with van der Waals surface area (Å²) in [5.41, 5.74) is 0.662. The average molecular weight is 349 g/mol. The van der Waals surface area contributed by atoms with Crippen LogP contribution in [0.2, 0.25) is 0 Å². The van der Waals surface area contributed by atoms with E-state index in [0.29, 0.717) is 12.0 Å². The second kappa shape index (κ2) is 8.50. The molecule has 1 aromatic carbocycles. The lowest BCUT2D eigenvalue weighted by molar-refractivity contribution is -0.154. The summed E-state index contributed by atoms with van der Waals surface area (Å²) in [5, 5.41) is 0. The number of hydrogen-bond donors (Lipinski definition) is 0. The van der Waals surface area contributed by atoms with Crippen LogP contribution in [0, 0.1) is 0 Å². The molecular weight excluding hydrogens is 326 g/mol. The molecule has 1 saturated heterocycles. The van der Waals surface area contributed by atoms with E-state index in [2.05, 4.69) is 0 Å². The van der Waals surface area contributed by atoms with Crippen LogP contribution < -0.4 is 0 Å². The number of cyclic esters (lactones) is 1. The van der Waals surface area contributed by atoms with Crippen molar-refractivity contribution in [1.29, 1.82) is 0 Å². The van der Waals surface area contributed by atoms with E-state index in [1.54, 1.807) is 45.0 Å². The second-order valence-electron chi connectivity index (χ2n) is 5.50. The summed E-state index contributed by atoms with van der Waals surface area (Å²) >= 11 is 0. The van der Waals surface area contributed by atoms with Crippen LogP contribution in [0.1, 0.15) is 38.9 Å². The molecule has 0 saturated carbocycles. The number of hydrogen-bond acceptors (Lipinski definition) is 6. The lowest BCUT2D eigenvalue weighted by atomic mass is 10.0. The number of rotatable bonds is 7. The van der Waals surface area contributed by atoms with Crippen LogP contribution in [0.25, 0.3) is 0 Å². The van der Waals surface area contributed by atoms with Crippen LogP contribution in [0.5, 0.6) is 0 Å². The van der Waals surface area contributed by atoms with E-state index in [9.17, 15) is 14.4 Å². The fourth-order valence-electron chi connectivity index (χ4n) is 2.89. The summed E-state index contributed by atoms with van der Waals surface area (Å²) in [4.78, 5) is 38.4. The summed E-state index contributed by atoms with van der Waals surface area (Å²) in [6.45, 7) is 5.45. The lowest BCUT2D eigenvalue weighted by Gasteiger charge is -2.28. The Kier molecular flexibility index (Phi) is 6.38. The van der Waals surface area contributed by atoms with E-state index >= 15 is 0 Å². The van der Waals surface area contributed by atoms with E-state index in [1.807, 2.05) is 6.07 Å². The number of benzene rings is 1. The highest BCUT2D eigenvalue weighted by Crippen LogP contribution is 2.35. The highest BCUT2D eigenvalue weighted by atomic mass is 16.6. The van der Waals surface area contributed by atoms with Gasteiger partial charge in [0.25, 0.3) is 0 Å². The SMILES string of the molecule is CCOC(=O)C(CC)N1C(=O)O[C@H](c2ccccc2)[C@H]1C(=O)OCC. The Morgan fingerprint density at radius 1 is 1.12 bits per heavy atom. The highest BCUT2D eigenvalue weighted by Gasteiger charge is 2.52. The topological polar surface area (TPSA) is 82.1 Å². The van der Waals surface area contributed by atoms with Crippen LogP contribution in [0.15, 0.2) is 30.3 Å². The fourth-order valence-corrected chi connectivity index (χ4v) is 2.89. The molecule has 1 unspecified atom stereocenters. The van der Waals surface area contributed by atoms with Crippen molar-refractivity contribution in [3.8, 4) is 0 Å². The van der Waals surface area contributed by atoms with Gasteiger partial charge < -0.3 is 14.2 Å². The van der Waals surface area contributed by atoms with Crippen molar-refractivity contribution in [1.82, 2.24) is 4.90 Å². The molecular formula is C18H23NO6. The molecule has 1 fully saturated rings. The van der Waals surface area contributed by atoms with Gasteiger partial charge in [0.2, 0.25) is 0 Å². The van der Waals surface area contributed by atoms with Crippen LogP contribution in [0.4, 0.5) is 4.79 Å². The van der Waals surface area contributed by atoms with E-state index in [-0.39, 0.29) is 13.2 Å². The van der Waals surface area contributed by atoms with Gasteiger partial charge in [0.05, 0.1) is 13.2 Å². The Morgan fingerprint density at radius 2 is 1.76 bits per heavy atom. The van der Waals surface area contributed by atoms with Crippen molar-refractivity contribution in [2.24, 2.45) is 0 Å². The summed E-state index contributed by atoms with van der Waals surface area (Å²) in [6.07, 6.45) is -1.27. The number of carbonyl (C=O) groups excluding carboxylic acids is 3. The predicted octanol–water partition coefficient (Wildman–Crippen LogP) is 2.45. The molecule has 2 rings (SSSR count). The van der Waals surface area contributed by atoms with E-state index in [4.69, 9.17) is 14.2 Å². The Bertz CT molecular complexity index is 617. The monoisotopic (exact) mass is 349 g/mol. The third-order valence-corrected chi connectivity index (χ3v) is 3.96. The second-order valence-corrected chi connectivity index (χ2v) is 5.50. The van der Waals surface area contributed by atoms with Gasteiger partial charge in [-0.3, -0.25) is 4.90 Å². The molecule has 1 aliphatic rings. The summed E-state index contributed by atoms with van der Waals surface area (Å²) in [5.74, 6) is -1.17. The van der Waals surface area contributed by atoms with Crippen LogP contribution in [-0.2, 0) is 23.8 Å². The fraction of sp³-hybridized carbons (Fsp3) is 0.500. The average Bonchev–Trinajstić information content (AvgIpc) is 2.94. The Labute approximate surface area is 146 Å². The third-order valence-electron chi connectivity index (χ3n) is 3.96. The van der Waals surface area contributed by atoms with Crippen LogP contribution in [0.3, 0.4) is 0 Å². The number of esters is 2. The molecule has 0 aromatic heterocycles. The molecule has 0 aliphatic carbocycles. The van der Waals surface area contributed by atoms with Gasteiger partial charge >= 0.3 is 18.0 Å². The van der Waals surface area contributed by atoms with Gasteiger partial charge in [-0.25, -0.2) is 14.4 Å². The Balaban J connectivity index is 2.40. The smallest absolute Gasteiger partial charge is 0.412 e. The van der Waals surface area contributed by atoms with Gasteiger partial charge in [0.1, 0.15) is 6.04 Å². The molecule has 0 N–H and O–H groups in total. The highest BCUT2D eigenvalue weighted by molar-refractivity contribution is 5.89. The van der Waals surface area contributed by atoms with Crippen molar-refractivity contribution >= 4 is 18.0 Å². The molecule has 0 bridgehead atoms. The molecule has 3 atom stereocenters. The third kappa shape index (κ3) is 3.92. The molecule has 1 aliphatic heterocycles. The first-order chi connectivity index (χ1) is 12.0. The standard InChI is InChI=1S/C18H23NO6/c1-4-13(16(20)23-5-2)19-14(17(21)24-6-3)15(25-18(19)22)12-10-8-7-9-11-12/h7-11,13-15H,4-6H2,1-3H3/t13?,14-,15+/m0/s1. The maximum absolute atomic E-state index is 12.5. The number of ether oxygens (including phenoxy) is 3. The molecule has 1 amide bonds. The van der Waals surface area contributed by atoms with Crippen LogP contribution >= 0.6 is 0 Å². The summed E-state index contributed by atoms with van der Waals surface area (Å²) < 4.78 is 15.6. The van der Waals surface area contributed by atoms with Crippen LogP contribution in [-0.4, -0.2) is 48.2 Å². The molecule has 0 spiro atoms. The number of nitrogens with zero attached hydrogens (tertiary/aromatic N) is 1. The normalized spacial score (nSPS) is 20.8. The molecule has 25 heavy (non-hydrogen) atoms. The zero-order valence-electron chi connectivity index (χ0n) is 14.6. The van der Waals surface area contributed by atoms with Gasteiger partial charge in [-0.2, -0.15) is 0 Å². The minimum atomic E-state index is -1.04. The molecule has 0 radical (unpaired) electrons. The first kappa shape index (κ1) is 18.8. The van der Waals surface area contributed by atoms with Crippen molar-refractivity contribution in [3.05, 3.63) is 35.9 Å². The quantitative estimate of drug-likeness (QED) is 0.555. The predicted molar refractivity (Wildman–Crippen MR) is 88.6 cm³/mol. The lowest BCUT2D eigenvalue weighted by Crippen LogP contribution is -2.50. The van der Waals surface area contributed by atoms with Crippen molar-refractivity contribution in [3.63, 3.8) is 0 Å². The van der Waals surface area contributed by atoms with Crippen molar-refractivity contribution in [2.45, 2.75) is 45.4 Å². The van der Waals surface area contributed by atoms with Gasteiger partial charge in [-0.1, -0.05) is 37.3 Å². The maximum atomic E-state index is 12.5. The van der Waals surface area contributed by atoms with Gasteiger partial charge in [0.15, 0.2) is 12.1 Å².